The van der Waals surface area contributed by atoms with Gasteiger partial charge in [0.15, 0.2) is 0 Å². The van der Waals surface area contributed by atoms with Gasteiger partial charge in [-0.2, -0.15) is 0 Å². The van der Waals surface area contributed by atoms with Gasteiger partial charge in [0.05, 0.1) is 34.7 Å². The Morgan fingerprint density at radius 1 is 1.13 bits per heavy atom. The molecule has 0 aliphatic carbocycles. The molecule has 0 saturated heterocycles. The first-order chi connectivity index (χ1) is 14.7. The van der Waals surface area contributed by atoms with Crippen LogP contribution in [0.3, 0.4) is 0 Å². The molecule has 1 aliphatic heterocycles. The Kier molecular flexibility index (Phi) is 4.83. The highest BCUT2D eigenvalue weighted by Crippen LogP contribution is 2.42. The average molecular weight is 422 g/mol. The topological polar surface area (TPSA) is 39.1 Å². The number of anilines is 1. The van der Waals surface area contributed by atoms with E-state index in [2.05, 4.69) is 9.88 Å². The molecular weight excluding hydrogens is 401 g/mol. The Morgan fingerprint density at radius 3 is 2.73 bits per heavy atom. The molecule has 0 radical (unpaired) electrons. The van der Waals surface area contributed by atoms with E-state index in [0.29, 0.717) is 29.4 Å². The lowest BCUT2D eigenvalue weighted by Crippen LogP contribution is -2.27. The molecule has 2 heterocycles. The Labute approximate surface area is 179 Å². The van der Waals surface area contributed by atoms with Crippen LogP contribution in [0.4, 0.5) is 10.3 Å². The van der Waals surface area contributed by atoms with Crippen molar-refractivity contribution in [3.8, 4) is 5.75 Å². The van der Waals surface area contributed by atoms with Crippen molar-refractivity contribution >= 4 is 28.6 Å². The lowest BCUT2D eigenvalue weighted by Gasteiger charge is -2.33. The maximum atomic E-state index is 14.8. The second-order valence-corrected chi connectivity index (χ2v) is 7.79. The normalized spacial score (nSPS) is 18.1. The van der Waals surface area contributed by atoms with Gasteiger partial charge in [-0.3, -0.25) is 0 Å². The third-order valence-electron chi connectivity index (χ3n) is 5.59. The fraction of sp³-hybridized carbons (Fsp3) is 0.208. The molecule has 0 bridgehead atoms. The molecule has 0 amide bonds. The van der Waals surface area contributed by atoms with Crippen LogP contribution in [0.15, 0.2) is 66.7 Å². The molecule has 4 nitrogen and oxygen atoms in total. The van der Waals surface area contributed by atoms with E-state index in [9.17, 15) is 4.39 Å². The van der Waals surface area contributed by atoms with Crippen molar-refractivity contribution in [1.82, 2.24) is 9.55 Å². The minimum Gasteiger partial charge on any atom is -0.492 e. The minimum absolute atomic E-state index is 0.0629. The molecule has 0 spiro atoms. The summed E-state index contributed by atoms with van der Waals surface area (Å²) in [5.41, 5.74) is 3.54. The van der Waals surface area contributed by atoms with Gasteiger partial charge < -0.3 is 14.6 Å². The number of benzene rings is 3. The second kappa shape index (κ2) is 7.65. The zero-order valence-corrected chi connectivity index (χ0v) is 17.2. The van der Waals surface area contributed by atoms with Gasteiger partial charge in [-0.15, -0.1) is 0 Å². The Balaban J connectivity index is 1.62. The highest BCUT2D eigenvalue weighted by molar-refractivity contribution is 6.32. The fourth-order valence-corrected chi connectivity index (χ4v) is 4.49. The van der Waals surface area contributed by atoms with Gasteiger partial charge in [0.2, 0.25) is 5.95 Å². The number of nitrogens with zero attached hydrogens (tertiary/aromatic N) is 2. The van der Waals surface area contributed by atoms with E-state index < -0.39 is 0 Å². The number of halogens is 2. The van der Waals surface area contributed by atoms with Crippen molar-refractivity contribution in [3.63, 3.8) is 0 Å². The zero-order valence-electron chi connectivity index (χ0n) is 16.5. The van der Waals surface area contributed by atoms with Gasteiger partial charge in [0.1, 0.15) is 11.6 Å². The summed E-state index contributed by atoms with van der Waals surface area (Å²) in [6.07, 6.45) is 0.665. The summed E-state index contributed by atoms with van der Waals surface area (Å²) < 4.78 is 22.5. The van der Waals surface area contributed by atoms with Crippen molar-refractivity contribution in [1.29, 1.82) is 0 Å². The van der Waals surface area contributed by atoms with E-state index in [-0.39, 0.29) is 17.9 Å². The van der Waals surface area contributed by atoms with Crippen LogP contribution in [0, 0.1) is 5.82 Å². The number of aromatic nitrogens is 2. The van der Waals surface area contributed by atoms with Crippen molar-refractivity contribution < 1.29 is 9.13 Å². The predicted octanol–water partition coefficient (Wildman–Crippen LogP) is 6.37. The van der Waals surface area contributed by atoms with Crippen molar-refractivity contribution in [2.75, 3.05) is 11.9 Å². The van der Waals surface area contributed by atoms with E-state index in [4.69, 9.17) is 21.3 Å². The van der Waals surface area contributed by atoms with Crippen LogP contribution in [0.2, 0.25) is 5.02 Å². The average Bonchev–Trinajstić information content (AvgIpc) is 3.14. The molecule has 1 N–H and O–H groups in total. The van der Waals surface area contributed by atoms with Crippen LogP contribution in [0.1, 0.15) is 36.6 Å². The number of rotatable bonds is 4. The number of hydrogen-bond donors (Lipinski definition) is 1. The number of nitrogens with one attached hydrogen (secondary N) is 1. The Hall–Kier alpha value is -3.05. The third-order valence-corrected chi connectivity index (χ3v) is 5.89. The van der Waals surface area contributed by atoms with Gasteiger partial charge in [0, 0.05) is 5.56 Å². The number of ether oxygens (including phenoxy) is 1. The van der Waals surface area contributed by atoms with Crippen LogP contribution >= 0.6 is 11.6 Å². The Morgan fingerprint density at radius 2 is 1.93 bits per heavy atom. The van der Waals surface area contributed by atoms with E-state index in [1.54, 1.807) is 6.07 Å². The first-order valence-corrected chi connectivity index (χ1v) is 10.4. The third kappa shape index (κ3) is 3.19. The molecule has 2 atom stereocenters. The number of hydrogen-bond acceptors (Lipinski definition) is 3. The Bertz CT molecular complexity index is 1220. The van der Waals surface area contributed by atoms with Gasteiger partial charge in [0.25, 0.3) is 0 Å². The standard InChI is InChI=1S/C24H21ClFN3O/c1-2-30-23-12-11-15(13-17(23)25)20-14-22(16-7-3-4-8-18(16)26)29-21-10-6-5-9-19(21)27-24(29)28-20/h3-13,20,22H,2,14H2,1H3,(H,27,28)/t20-,22+/m0/s1. The smallest absolute Gasteiger partial charge is 0.204 e. The molecule has 30 heavy (non-hydrogen) atoms. The summed E-state index contributed by atoms with van der Waals surface area (Å²) in [6, 6.07) is 20.5. The molecule has 4 aromatic rings. The molecule has 6 heteroatoms. The molecule has 3 aromatic carbocycles. The molecule has 1 aromatic heterocycles. The molecule has 152 valence electrons. The maximum absolute atomic E-state index is 14.8. The van der Waals surface area contributed by atoms with Crippen LogP contribution in [0.5, 0.6) is 5.75 Å². The second-order valence-electron chi connectivity index (χ2n) is 7.39. The zero-order chi connectivity index (χ0) is 20.7. The van der Waals surface area contributed by atoms with Crippen LogP contribution in [-0.2, 0) is 0 Å². The lowest BCUT2D eigenvalue weighted by atomic mass is 9.92. The van der Waals surface area contributed by atoms with E-state index in [0.717, 1.165) is 22.5 Å². The van der Waals surface area contributed by atoms with Gasteiger partial charge in [-0.25, -0.2) is 9.37 Å². The number of imidazole rings is 1. The first-order valence-electron chi connectivity index (χ1n) is 10.1. The highest BCUT2D eigenvalue weighted by atomic mass is 35.5. The van der Waals surface area contributed by atoms with Crippen molar-refractivity contribution in [3.05, 3.63) is 88.7 Å². The molecule has 5 rings (SSSR count). The lowest BCUT2D eigenvalue weighted by molar-refractivity contribution is 0.340. The monoisotopic (exact) mass is 421 g/mol. The highest BCUT2D eigenvalue weighted by Gasteiger charge is 2.32. The van der Waals surface area contributed by atoms with Gasteiger partial charge >= 0.3 is 0 Å². The van der Waals surface area contributed by atoms with E-state index in [1.807, 2.05) is 61.5 Å². The summed E-state index contributed by atoms with van der Waals surface area (Å²) in [7, 11) is 0. The molecule has 0 fully saturated rings. The molecule has 0 saturated carbocycles. The van der Waals surface area contributed by atoms with Gasteiger partial charge in [-0.05, 0) is 49.2 Å². The fourth-order valence-electron chi connectivity index (χ4n) is 4.24. The summed E-state index contributed by atoms with van der Waals surface area (Å²) >= 11 is 6.44. The van der Waals surface area contributed by atoms with Gasteiger partial charge in [-0.1, -0.05) is 48.0 Å². The molecule has 0 unspecified atom stereocenters. The van der Waals surface area contributed by atoms with Crippen LogP contribution in [0.25, 0.3) is 11.0 Å². The van der Waals surface area contributed by atoms with E-state index in [1.165, 1.54) is 6.07 Å². The van der Waals surface area contributed by atoms with Crippen LogP contribution < -0.4 is 10.1 Å². The quantitative estimate of drug-likeness (QED) is 0.416. The predicted molar refractivity (Wildman–Crippen MR) is 118 cm³/mol. The first kappa shape index (κ1) is 18.9. The summed E-state index contributed by atoms with van der Waals surface area (Å²) in [5.74, 6) is 1.18. The maximum Gasteiger partial charge on any atom is 0.204 e. The number of fused-ring (bicyclic) bond motifs is 3. The van der Waals surface area contributed by atoms with Crippen LogP contribution in [-0.4, -0.2) is 16.2 Å². The SMILES string of the molecule is CCOc1ccc([C@@H]2C[C@H](c3ccccc3F)n3c(nc4ccccc43)N2)cc1Cl. The molecular formula is C24H21ClFN3O. The largest absolute Gasteiger partial charge is 0.492 e. The van der Waals surface area contributed by atoms with Crippen molar-refractivity contribution in [2.45, 2.75) is 25.4 Å². The van der Waals surface area contributed by atoms with Crippen molar-refractivity contribution in [2.24, 2.45) is 0 Å². The summed E-state index contributed by atoms with van der Waals surface area (Å²) in [5, 5.41) is 4.10. The minimum atomic E-state index is -0.211. The summed E-state index contributed by atoms with van der Waals surface area (Å²) in [6.45, 7) is 2.48. The summed E-state index contributed by atoms with van der Waals surface area (Å²) in [4.78, 5) is 4.78. The number of para-hydroxylation sites is 2. The van der Waals surface area contributed by atoms with E-state index >= 15 is 0 Å². The molecule has 1 aliphatic rings.